The Balaban J connectivity index is 1.75. The van der Waals surface area contributed by atoms with Crippen molar-refractivity contribution in [2.45, 2.75) is 58.0 Å². The van der Waals surface area contributed by atoms with Crippen molar-refractivity contribution in [3.63, 3.8) is 0 Å². The summed E-state index contributed by atoms with van der Waals surface area (Å²) in [7, 11) is 0. The van der Waals surface area contributed by atoms with Crippen LogP contribution in [0.15, 0.2) is 24.3 Å². The van der Waals surface area contributed by atoms with Crippen LogP contribution in [-0.4, -0.2) is 39.7 Å². The molecule has 3 amide bonds. The lowest BCUT2D eigenvalue weighted by molar-refractivity contribution is -0.148. The van der Waals surface area contributed by atoms with E-state index in [1.165, 1.54) is 6.92 Å². The number of carbonyl (C=O) groups excluding carboxylic acids is 3. The van der Waals surface area contributed by atoms with Crippen LogP contribution in [0.3, 0.4) is 0 Å². The Bertz CT molecular complexity index is 764. The summed E-state index contributed by atoms with van der Waals surface area (Å²) in [6.07, 6.45) is 2.93. The summed E-state index contributed by atoms with van der Waals surface area (Å²) in [4.78, 5) is 50.6. The highest BCUT2D eigenvalue weighted by atomic mass is 16.4. The van der Waals surface area contributed by atoms with E-state index in [1.807, 2.05) is 19.1 Å². The van der Waals surface area contributed by atoms with Crippen molar-refractivity contribution in [3.8, 4) is 0 Å². The molecular weight excluding hydrogens is 360 g/mol. The van der Waals surface area contributed by atoms with Gasteiger partial charge in [-0.3, -0.25) is 24.1 Å². The van der Waals surface area contributed by atoms with Gasteiger partial charge in [-0.25, -0.2) is 0 Å². The van der Waals surface area contributed by atoms with Crippen molar-refractivity contribution in [1.29, 1.82) is 0 Å². The van der Waals surface area contributed by atoms with E-state index >= 15 is 0 Å². The number of rotatable bonds is 6. The van der Waals surface area contributed by atoms with Crippen molar-refractivity contribution in [2.75, 3.05) is 0 Å². The fourth-order valence-corrected chi connectivity index (χ4v) is 4.20. The third-order valence-electron chi connectivity index (χ3n) is 5.82. The van der Waals surface area contributed by atoms with Crippen molar-refractivity contribution in [1.82, 2.24) is 10.2 Å². The number of imide groups is 1. The van der Waals surface area contributed by atoms with Crippen LogP contribution >= 0.6 is 0 Å². The quantitative estimate of drug-likeness (QED) is 0.730. The van der Waals surface area contributed by atoms with Crippen LogP contribution in [0.2, 0.25) is 0 Å². The number of aryl methyl sites for hydroxylation is 1. The van der Waals surface area contributed by atoms with Crippen molar-refractivity contribution < 1.29 is 24.3 Å². The zero-order valence-corrected chi connectivity index (χ0v) is 16.2. The van der Waals surface area contributed by atoms with E-state index < -0.39 is 24.0 Å². The number of hydrogen-bond donors (Lipinski definition) is 2. The molecule has 1 saturated heterocycles. The van der Waals surface area contributed by atoms with Gasteiger partial charge in [-0.15, -0.1) is 0 Å². The molecule has 2 N–H and O–H groups in total. The Morgan fingerprint density at radius 3 is 2.14 bits per heavy atom. The number of carbonyl (C=O) groups is 4. The molecule has 0 spiro atoms. The second kappa shape index (κ2) is 8.12. The summed E-state index contributed by atoms with van der Waals surface area (Å²) >= 11 is 0. The number of nitrogens with zero attached hydrogens (tertiary/aromatic N) is 1. The molecule has 7 nitrogen and oxygen atoms in total. The van der Waals surface area contributed by atoms with Gasteiger partial charge >= 0.3 is 5.97 Å². The minimum atomic E-state index is -1.04. The molecule has 150 valence electrons. The fraction of sp³-hybridized carbons (Fsp3) is 0.524. The first-order valence-electron chi connectivity index (χ1n) is 9.75. The average molecular weight is 386 g/mol. The summed E-state index contributed by atoms with van der Waals surface area (Å²) in [5, 5.41) is 11.9. The molecule has 1 aliphatic carbocycles. The van der Waals surface area contributed by atoms with Crippen LogP contribution < -0.4 is 5.32 Å². The Morgan fingerprint density at radius 2 is 1.64 bits per heavy atom. The predicted octanol–water partition coefficient (Wildman–Crippen LogP) is 2.19. The molecular formula is C21H26N2O5. The summed E-state index contributed by atoms with van der Waals surface area (Å²) in [5.74, 6) is -2.75. The van der Waals surface area contributed by atoms with Crippen LogP contribution in [0.5, 0.6) is 0 Å². The molecule has 0 aromatic heterocycles. The summed E-state index contributed by atoms with van der Waals surface area (Å²) < 4.78 is 0. The molecule has 2 fully saturated rings. The van der Waals surface area contributed by atoms with E-state index in [9.17, 15) is 24.3 Å². The number of amides is 3. The highest BCUT2D eigenvalue weighted by Gasteiger charge is 2.50. The number of aliphatic carboxylic acids is 1. The topological polar surface area (TPSA) is 104 Å². The van der Waals surface area contributed by atoms with E-state index in [-0.39, 0.29) is 30.1 Å². The van der Waals surface area contributed by atoms with E-state index in [2.05, 4.69) is 5.32 Å². The molecule has 1 saturated carbocycles. The normalized spacial score (nSPS) is 23.9. The SMILES string of the molecule is Cc1ccc([C@@H](CC(=O)O)NC(=O)[C@H](C)N2C(=O)[C@H]3CCCC[C@H]3C2=O)cc1. The summed E-state index contributed by atoms with van der Waals surface area (Å²) in [5.41, 5.74) is 1.69. The minimum Gasteiger partial charge on any atom is -0.481 e. The van der Waals surface area contributed by atoms with Gasteiger partial charge < -0.3 is 10.4 Å². The summed E-state index contributed by atoms with van der Waals surface area (Å²) in [6, 6.07) is 5.54. The number of carboxylic acids is 1. The Morgan fingerprint density at radius 1 is 1.11 bits per heavy atom. The van der Waals surface area contributed by atoms with E-state index in [4.69, 9.17) is 0 Å². The van der Waals surface area contributed by atoms with Gasteiger partial charge in [0.1, 0.15) is 6.04 Å². The van der Waals surface area contributed by atoms with Crippen LogP contribution in [0, 0.1) is 18.8 Å². The zero-order valence-electron chi connectivity index (χ0n) is 16.2. The lowest BCUT2D eigenvalue weighted by atomic mass is 9.81. The van der Waals surface area contributed by atoms with E-state index in [0.717, 1.165) is 23.3 Å². The molecule has 3 rings (SSSR count). The second-order valence-corrected chi connectivity index (χ2v) is 7.79. The maximum Gasteiger partial charge on any atom is 0.305 e. The molecule has 4 atom stereocenters. The monoisotopic (exact) mass is 386 g/mol. The number of benzene rings is 1. The van der Waals surface area contributed by atoms with Crippen LogP contribution in [-0.2, 0) is 19.2 Å². The zero-order chi connectivity index (χ0) is 20.4. The first-order valence-corrected chi connectivity index (χ1v) is 9.75. The molecule has 1 aromatic carbocycles. The molecule has 1 heterocycles. The Hall–Kier alpha value is -2.70. The number of hydrogen-bond acceptors (Lipinski definition) is 4. The highest BCUT2D eigenvalue weighted by Crippen LogP contribution is 2.38. The minimum absolute atomic E-state index is 0.275. The highest BCUT2D eigenvalue weighted by molar-refractivity contribution is 6.08. The maximum absolute atomic E-state index is 12.8. The summed E-state index contributed by atoms with van der Waals surface area (Å²) in [6.45, 7) is 3.44. The van der Waals surface area contributed by atoms with Crippen LogP contribution in [0.1, 0.15) is 56.2 Å². The molecule has 7 heteroatoms. The molecule has 0 radical (unpaired) electrons. The third kappa shape index (κ3) is 3.93. The van der Waals surface area contributed by atoms with Gasteiger partial charge in [0, 0.05) is 0 Å². The molecule has 0 unspecified atom stereocenters. The van der Waals surface area contributed by atoms with E-state index in [1.54, 1.807) is 12.1 Å². The maximum atomic E-state index is 12.8. The molecule has 28 heavy (non-hydrogen) atoms. The van der Waals surface area contributed by atoms with Gasteiger partial charge in [0.15, 0.2) is 0 Å². The van der Waals surface area contributed by atoms with Gasteiger partial charge in [0.05, 0.1) is 24.3 Å². The average Bonchev–Trinajstić information content (AvgIpc) is 2.92. The largest absolute Gasteiger partial charge is 0.481 e. The van der Waals surface area contributed by atoms with Gasteiger partial charge in [0.2, 0.25) is 17.7 Å². The van der Waals surface area contributed by atoms with Gasteiger partial charge in [-0.05, 0) is 32.3 Å². The van der Waals surface area contributed by atoms with Crippen LogP contribution in [0.25, 0.3) is 0 Å². The number of carboxylic acid groups (broad SMARTS) is 1. The van der Waals surface area contributed by atoms with Gasteiger partial charge in [0.25, 0.3) is 0 Å². The lowest BCUT2D eigenvalue weighted by Gasteiger charge is -2.25. The van der Waals surface area contributed by atoms with Crippen molar-refractivity contribution in [3.05, 3.63) is 35.4 Å². The lowest BCUT2D eigenvalue weighted by Crippen LogP contribution is -2.49. The number of fused-ring (bicyclic) bond motifs is 1. The Kier molecular flexibility index (Phi) is 5.82. The fourth-order valence-electron chi connectivity index (χ4n) is 4.20. The molecule has 2 aliphatic rings. The third-order valence-corrected chi connectivity index (χ3v) is 5.82. The van der Waals surface area contributed by atoms with Crippen LogP contribution in [0.4, 0.5) is 0 Å². The molecule has 0 bridgehead atoms. The van der Waals surface area contributed by atoms with Gasteiger partial charge in [-0.1, -0.05) is 42.7 Å². The van der Waals surface area contributed by atoms with Crippen molar-refractivity contribution >= 4 is 23.7 Å². The molecule has 1 aliphatic heterocycles. The first kappa shape index (κ1) is 20.0. The van der Waals surface area contributed by atoms with Gasteiger partial charge in [-0.2, -0.15) is 0 Å². The standard InChI is InChI=1S/C21H26N2O5/c1-12-7-9-14(10-8-12)17(11-18(24)25)22-19(26)13(2)23-20(27)15-5-3-4-6-16(15)21(23)28/h7-10,13,15-17H,3-6,11H2,1-2H3,(H,22,26)(H,24,25)/t13-,15-,16+,17+/m0/s1. The smallest absolute Gasteiger partial charge is 0.305 e. The second-order valence-electron chi connectivity index (χ2n) is 7.79. The number of likely N-dealkylation sites (tertiary alicyclic amines) is 1. The first-order chi connectivity index (χ1) is 13.3. The van der Waals surface area contributed by atoms with E-state index in [0.29, 0.717) is 18.4 Å². The van der Waals surface area contributed by atoms with Crippen molar-refractivity contribution in [2.24, 2.45) is 11.8 Å². The molecule has 1 aromatic rings. The number of nitrogens with one attached hydrogen (secondary N) is 1. The Labute approximate surface area is 164 Å². The predicted molar refractivity (Wildman–Crippen MR) is 101 cm³/mol.